The predicted octanol–water partition coefficient (Wildman–Crippen LogP) is 8.31. The van der Waals surface area contributed by atoms with Gasteiger partial charge in [-0.2, -0.15) is 0 Å². The first kappa shape index (κ1) is 27.8. The van der Waals surface area contributed by atoms with E-state index in [1.807, 2.05) is 0 Å². The Hall–Kier alpha value is -1.26. The van der Waals surface area contributed by atoms with E-state index >= 15 is 0 Å². The van der Waals surface area contributed by atoms with Crippen molar-refractivity contribution in [2.24, 2.45) is 0 Å². The fourth-order valence-corrected chi connectivity index (χ4v) is 3.85. The number of benzene rings is 1. The first-order valence-corrected chi connectivity index (χ1v) is 12.6. The Bertz CT molecular complexity index is 614. The minimum atomic E-state index is -0.424. The second kappa shape index (κ2) is 18.3. The third-order valence-corrected chi connectivity index (χ3v) is 5.53. The second-order valence-corrected chi connectivity index (χ2v) is 8.92. The molecule has 0 N–H and O–H groups in total. The Morgan fingerprint density at radius 3 is 1.71 bits per heavy atom. The van der Waals surface area contributed by atoms with E-state index in [-0.39, 0.29) is 18.8 Å². The number of esters is 2. The highest BCUT2D eigenvalue weighted by atomic mass is 35.5. The highest BCUT2D eigenvalue weighted by Crippen LogP contribution is 2.24. The van der Waals surface area contributed by atoms with Gasteiger partial charge in [0.15, 0.2) is 0 Å². The number of carbonyl (C=O) groups excluding carboxylic acids is 2. The zero-order valence-electron chi connectivity index (χ0n) is 18.9. The first-order valence-electron chi connectivity index (χ1n) is 11.8. The largest absolute Gasteiger partial charge is 0.466 e. The molecule has 1 rings (SSSR count). The van der Waals surface area contributed by atoms with E-state index in [4.69, 9.17) is 32.7 Å². The van der Waals surface area contributed by atoms with Crippen LogP contribution in [-0.2, 0) is 14.3 Å². The van der Waals surface area contributed by atoms with Crippen LogP contribution in [0.1, 0.15) is 103 Å². The summed E-state index contributed by atoms with van der Waals surface area (Å²) in [5.41, 5.74) is 0. The first-order chi connectivity index (χ1) is 15.0. The van der Waals surface area contributed by atoms with Gasteiger partial charge in [0.1, 0.15) is 5.75 Å². The molecule has 0 radical (unpaired) electrons. The van der Waals surface area contributed by atoms with Gasteiger partial charge < -0.3 is 9.47 Å². The van der Waals surface area contributed by atoms with Crippen molar-refractivity contribution in [3.05, 3.63) is 28.2 Å². The molecule has 0 saturated heterocycles. The van der Waals surface area contributed by atoms with Gasteiger partial charge in [-0.3, -0.25) is 9.59 Å². The molecule has 0 heterocycles. The summed E-state index contributed by atoms with van der Waals surface area (Å²) in [7, 11) is 0. The zero-order chi connectivity index (χ0) is 22.7. The van der Waals surface area contributed by atoms with Gasteiger partial charge in [0, 0.05) is 22.9 Å². The summed E-state index contributed by atoms with van der Waals surface area (Å²) in [6.45, 7) is 2.71. The summed E-state index contributed by atoms with van der Waals surface area (Å²) in [6, 6.07) is 4.61. The van der Waals surface area contributed by atoms with Crippen LogP contribution < -0.4 is 4.74 Å². The van der Waals surface area contributed by atoms with Gasteiger partial charge in [0.2, 0.25) is 0 Å². The van der Waals surface area contributed by atoms with Crippen molar-refractivity contribution in [2.45, 2.75) is 103 Å². The molecule has 176 valence electrons. The maximum atomic E-state index is 11.8. The number of ether oxygens (including phenoxy) is 2. The SMILES string of the molecule is CCCCCCCCCCCCCCOC(=O)CCCC(=O)Oc1cc(Cl)cc(Cl)c1. The summed E-state index contributed by atoms with van der Waals surface area (Å²) >= 11 is 11.7. The van der Waals surface area contributed by atoms with E-state index in [1.54, 1.807) is 6.07 Å². The van der Waals surface area contributed by atoms with Gasteiger partial charge >= 0.3 is 11.9 Å². The highest BCUT2D eigenvalue weighted by molar-refractivity contribution is 6.34. The van der Waals surface area contributed by atoms with Crippen LogP contribution in [0, 0.1) is 0 Å². The van der Waals surface area contributed by atoms with Gasteiger partial charge in [-0.05, 0) is 31.0 Å². The molecule has 0 bridgehead atoms. The van der Waals surface area contributed by atoms with Gasteiger partial charge in [-0.1, -0.05) is 101 Å². The molecule has 31 heavy (non-hydrogen) atoms. The number of halogens is 2. The summed E-state index contributed by atoms with van der Waals surface area (Å²) in [6.07, 6.45) is 16.1. The van der Waals surface area contributed by atoms with Crippen LogP contribution in [0.25, 0.3) is 0 Å². The van der Waals surface area contributed by atoms with Crippen molar-refractivity contribution >= 4 is 35.1 Å². The normalized spacial score (nSPS) is 10.8. The Morgan fingerprint density at radius 2 is 1.16 bits per heavy atom. The molecule has 0 aromatic heterocycles. The molecule has 0 unspecified atom stereocenters. The lowest BCUT2D eigenvalue weighted by atomic mass is 10.1. The Kier molecular flexibility index (Phi) is 16.4. The van der Waals surface area contributed by atoms with Crippen LogP contribution in [0.15, 0.2) is 18.2 Å². The van der Waals surface area contributed by atoms with Crippen LogP contribution in [0.3, 0.4) is 0 Å². The average molecular weight is 473 g/mol. The van der Waals surface area contributed by atoms with E-state index in [1.165, 1.54) is 76.3 Å². The molecular weight excluding hydrogens is 435 g/mol. The number of unbranched alkanes of at least 4 members (excludes halogenated alkanes) is 11. The molecule has 0 atom stereocenters. The summed E-state index contributed by atoms with van der Waals surface area (Å²) in [4.78, 5) is 23.6. The number of rotatable bonds is 18. The molecule has 0 fully saturated rings. The van der Waals surface area contributed by atoms with E-state index in [0.29, 0.717) is 28.8 Å². The lowest BCUT2D eigenvalue weighted by Gasteiger charge is -2.06. The van der Waals surface area contributed by atoms with Crippen molar-refractivity contribution in [1.82, 2.24) is 0 Å². The lowest BCUT2D eigenvalue weighted by molar-refractivity contribution is -0.144. The Labute approximate surface area is 198 Å². The Balaban J connectivity index is 1.92. The molecule has 6 heteroatoms. The molecule has 1 aromatic carbocycles. The Morgan fingerprint density at radius 1 is 0.677 bits per heavy atom. The average Bonchev–Trinajstić information content (AvgIpc) is 2.70. The third-order valence-electron chi connectivity index (χ3n) is 5.09. The lowest BCUT2D eigenvalue weighted by Crippen LogP contribution is -2.10. The quantitative estimate of drug-likeness (QED) is 0.122. The van der Waals surface area contributed by atoms with Gasteiger partial charge in [-0.25, -0.2) is 0 Å². The molecule has 0 saturated carbocycles. The van der Waals surface area contributed by atoms with Crippen LogP contribution in [-0.4, -0.2) is 18.5 Å². The molecule has 4 nitrogen and oxygen atoms in total. The van der Waals surface area contributed by atoms with Crippen molar-refractivity contribution < 1.29 is 19.1 Å². The fraction of sp³-hybridized carbons (Fsp3) is 0.680. The number of hydrogen-bond acceptors (Lipinski definition) is 4. The topological polar surface area (TPSA) is 52.6 Å². The number of hydrogen-bond donors (Lipinski definition) is 0. The molecule has 0 amide bonds. The van der Waals surface area contributed by atoms with Crippen molar-refractivity contribution in [2.75, 3.05) is 6.61 Å². The summed E-state index contributed by atoms with van der Waals surface area (Å²) in [5, 5.41) is 0.799. The van der Waals surface area contributed by atoms with Crippen LogP contribution >= 0.6 is 23.2 Å². The van der Waals surface area contributed by atoms with Gasteiger partial charge in [-0.15, -0.1) is 0 Å². The van der Waals surface area contributed by atoms with E-state index < -0.39 is 5.97 Å². The maximum absolute atomic E-state index is 11.8. The van der Waals surface area contributed by atoms with Crippen LogP contribution in [0.5, 0.6) is 5.75 Å². The van der Waals surface area contributed by atoms with Gasteiger partial charge in [0.05, 0.1) is 6.61 Å². The highest BCUT2D eigenvalue weighted by Gasteiger charge is 2.09. The smallest absolute Gasteiger partial charge is 0.311 e. The summed E-state index contributed by atoms with van der Waals surface area (Å²) < 4.78 is 10.4. The molecule has 0 aliphatic carbocycles. The van der Waals surface area contributed by atoms with Gasteiger partial charge in [0.25, 0.3) is 0 Å². The number of carbonyl (C=O) groups is 2. The predicted molar refractivity (Wildman–Crippen MR) is 128 cm³/mol. The maximum Gasteiger partial charge on any atom is 0.311 e. The summed E-state index contributed by atoms with van der Waals surface area (Å²) in [5.74, 6) is -0.384. The molecule has 0 aliphatic heterocycles. The second-order valence-electron chi connectivity index (χ2n) is 8.04. The monoisotopic (exact) mass is 472 g/mol. The minimum Gasteiger partial charge on any atom is -0.466 e. The fourth-order valence-electron chi connectivity index (χ4n) is 3.35. The molecule has 0 spiro atoms. The van der Waals surface area contributed by atoms with Crippen molar-refractivity contribution in [1.29, 1.82) is 0 Å². The molecular formula is C25H38Cl2O4. The van der Waals surface area contributed by atoms with Crippen molar-refractivity contribution in [3.8, 4) is 5.75 Å². The third kappa shape index (κ3) is 16.1. The molecule has 1 aromatic rings. The minimum absolute atomic E-state index is 0.137. The zero-order valence-corrected chi connectivity index (χ0v) is 20.4. The van der Waals surface area contributed by atoms with Crippen LogP contribution in [0.2, 0.25) is 10.0 Å². The van der Waals surface area contributed by atoms with E-state index in [9.17, 15) is 9.59 Å². The molecule has 0 aliphatic rings. The van der Waals surface area contributed by atoms with Crippen molar-refractivity contribution in [3.63, 3.8) is 0 Å². The van der Waals surface area contributed by atoms with Crippen LogP contribution in [0.4, 0.5) is 0 Å². The van der Waals surface area contributed by atoms with E-state index in [0.717, 1.165) is 12.8 Å². The van der Waals surface area contributed by atoms with E-state index in [2.05, 4.69) is 6.92 Å². The standard InChI is InChI=1S/C25H38Cl2O4/c1-2-3-4-5-6-7-8-9-10-11-12-13-17-30-24(28)15-14-16-25(29)31-23-19-21(26)18-22(27)20-23/h18-20H,2-17H2,1H3.